The van der Waals surface area contributed by atoms with Crippen LogP contribution >= 0.6 is 15.9 Å². The van der Waals surface area contributed by atoms with Crippen molar-refractivity contribution in [2.24, 2.45) is 4.99 Å². The van der Waals surface area contributed by atoms with E-state index < -0.39 is 11.9 Å². The van der Waals surface area contributed by atoms with Crippen LogP contribution in [-0.4, -0.2) is 39.2 Å². The Labute approximate surface area is 209 Å². The molecule has 0 amide bonds. The van der Waals surface area contributed by atoms with Crippen molar-refractivity contribution in [3.05, 3.63) is 87.5 Å². The Bertz CT molecular complexity index is 1320. The normalized spacial score (nSPS) is 13.8. The quantitative estimate of drug-likeness (QED) is 0.237. The van der Waals surface area contributed by atoms with Crippen molar-refractivity contribution < 1.29 is 33.3 Å². The monoisotopic (exact) mass is 537 g/mol. The minimum Gasteiger partial charge on any atom is -0.493 e. The predicted octanol–water partition coefficient (Wildman–Crippen LogP) is 5.04. The first-order valence-corrected chi connectivity index (χ1v) is 11.1. The number of hydrogen-bond donors (Lipinski definition) is 0. The molecule has 0 N–H and O–H groups in total. The van der Waals surface area contributed by atoms with E-state index in [1.807, 2.05) is 18.2 Å². The fourth-order valence-electron chi connectivity index (χ4n) is 3.34. The molecular weight excluding hydrogens is 518 g/mol. The third kappa shape index (κ3) is 5.20. The van der Waals surface area contributed by atoms with Gasteiger partial charge in [0, 0.05) is 15.6 Å². The molecule has 0 spiro atoms. The van der Waals surface area contributed by atoms with Crippen molar-refractivity contribution in [1.29, 1.82) is 0 Å². The highest BCUT2D eigenvalue weighted by Gasteiger charge is 2.25. The zero-order valence-electron chi connectivity index (χ0n) is 19.0. The molecule has 35 heavy (non-hydrogen) atoms. The molecule has 3 aromatic rings. The summed E-state index contributed by atoms with van der Waals surface area (Å²) in [6.45, 7) is 0. The third-order valence-electron chi connectivity index (χ3n) is 5.01. The van der Waals surface area contributed by atoms with E-state index in [2.05, 4.69) is 20.9 Å². The number of benzene rings is 3. The standard InChI is InChI=1S/C26H20BrNO7/c1-31-21-13-17(14-22(32-2)23(21)33-3)25(29)34-20-10-9-18(27)11-16(20)12-19-26(30)35-24(28-19)15-7-5-4-6-8-15/h4-14H,1-3H3/b19-12+. The lowest BCUT2D eigenvalue weighted by molar-refractivity contribution is -0.129. The maximum atomic E-state index is 13.0. The summed E-state index contributed by atoms with van der Waals surface area (Å²) in [6, 6.07) is 17.1. The van der Waals surface area contributed by atoms with E-state index in [1.165, 1.54) is 39.5 Å². The van der Waals surface area contributed by atoms with Crippen LogP contribution in [0.2, 0.25) is 0 Å². The van der Waals surface area contributed by atoms with E-state index in [4.69, 9.17) is 23.7 Å². The fraction of sp³-hybridized carbons (Fsp3) is 0.115. The summed E-state index contributed by atoms with van der Waals surface area (Å²) in [4.78, 5) is 29.7. The number of nitrogens with zero attached hydrogens (tertiary/aromatic N) is 1. The zero-order valence-corrected chi connectivity index (χ0v) is 20.6. The SMILES string of the molecule is COc1cc(C(=O)Oc2ccc(Br)cc2/C=C2/N=C(c3ccccc3)OC2=O)cc(OC)c1OC. The second-order valence-corrected chi connectivity index (χ2v) is 8.10. The van der Waals surface area contributed by atoms with Crippen molar-refractivity contribution in [3.63, 3.8) is 0 Å². The molecule has 9 heteroatoms. The van der Waals surface area contributed by atoms with Gasteiger partial charge in [0.25, 0.3) is 0 Å². The number of ether oxygens (including phenoxy) is 5. The van der Waals surface area contributed by atoms with Gasteiger partial charge in [0.1, 0.15) is 5.75 Å². The van der Waals surface area contributed by atoms with Crippen LogP contribution in [0.3, 0.4) is 0 Å². The van der Waals surface area contributed by atoms with Gasteiger partial charge in [0.05, 0.1) is 26.9 Å². The minimum atomic E-state index is -0.659. The van der Waals surface area contributed by atoms with Gasteiger partial charge in [-0.25, -0.2) is 14.6 Å². The molecule has 0 atom stereocenters. The number of methoxy groups -OCH3 is 3. The Morgan fingerprint density at radius 1 is 0.914 bits per heavy atom. The maximum Gasteiger partial charge on any atom is 0.363 e. The molecule has 178 valence electrons. The third-order valence-corrected chi connectivity index (χ3v) is 5.50. The van der Waals surface area contributed by atoms with Crippen LogP contribution in [-0.2, 0) is 9.53 Å². The average molecular weight is 538 g/mol. The second-order valence-electron chi connectivity index (χ2n) is 7.19. The first-order chi connectivity index (χ1) is 16.9. The molecular formula is C26H20BrNO7. The zero-order chi connectivity index (χ0) is 24.9. The lowest BCUT2D eigenvalue weighted by Gasteiger charge is -2.14. The number of halogens is 1. The smallest absolute Gasteiger partial charge is 0.363 e. The topological polar surface area (TPSA) is 92.7 Å². The van der Waals surface area contributed by atoms with Crippen LogP contribution in [0.4, 0.5) is 0 Å². The van der Waals surface area contributed by atoms with Crippen molar-refractivity contribution in [1.82, 2.24) is 0 Å². The summed E-state index contributed by atoms with van der Waals surface area (Å²) in [7, 11) is 4.38. The molecule has 1 heterocycles. The van der Waals surface area contributed by atoms with Crippen molar-refractivity contribution >= 4 is 39.8 Å². The van der Waals surface area contributed by atoms with Crippen LogP contribution in [0.25, 0.3) is 6.08 Å². The largest absolute Gasteiger partial charge is 0.493 e. The number of cyclic esters (lactones) is 1. The van der Waals surface area contributed by atoms with Gasteiger partial charge in [-0.05, 0) is 48.5 Å². The molecule has 1 aliphatic heterocycles. The second kappa shape index (κ2) is 10.4. The van der Waals surface area contributed by atoms with Gasteiger partial charge in [-0.2, -0.15) is 0 Å². The molecule has 0 saturated carbocycles. The molecule has 0 radical (unpaired) electrons. The summed E-state index contributed by atoms with van der Waals surface area (Å²) < 4.78 is 27.6. The van der Waals surface area contributed by atoms with Gasteiger partial charge < -0.3 is 23.7 Å². The first kappa shape index (κ1) is 24.0. The number of hydrogen-bond acceptors (Lipinski definition) is 8. The Balaban J connectivity index is 1.67. The highest BCUT2D eigenvalue weighted by Crippen LogP contribution is 2.38. The van der Waals surface area contributed by atoms with Gasteiger partial charge in [0.15, 0.2) is 17.2 Å². The predicted molar refractivity (Wildman–Crippen MR) is 132 cm³/mol. The van der Waals surface area contributed by atoms with Crippen LogP contribution in [0, 0.1) is 0 Å². The molecule has 8 nitrogen and oxygen atoms in total. The molecule has 1 aliphatic rings. The lowest BCUT2D eigenvalue weighted by Crippen LogP contribution is -2.10. The van der Waals surface area contributed by atoms with E-state index in [-0.39, 0.29) is 22.9 Å². The van der Waals surface area contributed by atoms with Crippen LogP contribution in [0.15, 0.2) is 75.8 Å². The van der Waals surface area contributed by atoms with Gasteiger partial charge >= 0.3 is 11.9 Å². The number of rotatable bonds is 7. The number of carbonyl (C=O) groups is 2. The summed E-state index contributed by atoms with van der Waals surface area (Å²) in [6.07, 6.45) is 1.50. The van der Waals surface area contributed by atoms with Gasteiger partial charge in [-0.15, -0.1) is 0 Å². The van der Waals surface area contributed by atoms with Crippen LogP contribution in [0.1, 0.15) is 21.5 Å². The highest BCUT2D eigenvalue weighted by molar-refractivity contribution is 9.10. The summed E-state index contributed by atoms with van der Waals surface area (Å²) in [5.74, 6) is 0.136. The van der Waals surface area contributed by atoms with E-state index >= 15 is 0 Å². The lowest BCUT2D eigenvalue weighted by atomic mass is 10.1. The average Bonchev–Trinajstić information content (AvgIpc) is 3.25. The number of aliphatic imine (C=N–C) groups is 1. The van der Waals surface area contributed by atoms with Crippen molar-refractivity contribution in [2.45, 2.75) is 0 Å². The summed E-state index contributed by atoms with van der Waals surface area (Å²) in [5.41, 5.74) is 1.38. The van der Waals surface area contributed by atoms with Crippen molar-refractivity contribution in [3.8, 4) is 23.0 Å². The minimum absolute atomic E-state index is 0.0760. The van der Waals surface area contributed by atoms with Gasteiger partial charge in [-0.1, -0.05) is 34.1 Å². The number of esters is 2. The molecule has 4 rings (SSSR count). The first-order valence-electron chi connectivity index (χ1n) is 10.3. The molecule has 0 unspecified atom stereocenters. The van der Waals surface area contributed by atoms with E-state index in [9.17, 15) is 9.59 Å². The Morgan fingerprint density at radius 2 is 1.60 bits per heavy atom. The van der Waals surface area contributed by atoms with E-state index in [0.29, 0.717) is 28.4 Å². The fourth-order valence-corrected chi connectivity index (χ4v) is 3.72. The summed E-state index contributed by atoms with van der Waals surface area (Å²) in [5, 5.41) is 0. The summed E-state index contributed by atoms with van der Waals surface area (Å²) >= 11 is 3.41. The molecule has 0 aliphatic carbocycles. The highest BCUT2D eigenvalue weighted by atomic mass is 79.9. The maximum absolute atomic E-state index is 13.0. The number of carbonyl (C=O) groups excluding carboxylic acids is 2. The molecule has 3 aromatic carbocycles. The molecule has 0 fully saturated rings. The van der Waals surface area contributed by atoms with Crippen molar-refractivity contribution in [2.75, 3.05) is 21.3 Å². The van der Waals surface area contributed by atoms with Crippen LogP contribution < -0.4 is 18.9 Å². The Morgan fingerprint density at radius 3 is 2.23 bits per heavy atom. The Hall–Kier alpha value is -4.11. The van der Waals surface area contributed by atoms with Gasteiger partial charge in [-0.3, -0.25) is 0 Å². The van der Waals surface area contributed by atoms with Crippen LogP contribution in [0.5, 0.6) is 23.0 Å². The van der Waals surface area contributed by atoms with E-state index in [0.717, 1.165) is 4.47 Å². The van der Waals surface area contributed by atoms with E-state index in [1.54, 1.807) is 30.3 Å². The molecule has 0 saturated heterocycles. The molecule has 0 aromatic heterocycles. The van der Waals surface area contributed by atoms with Gasteiger partial charge in [0.2, 0.25) is 11.6 Å². The Kier molecular flexibility index (Phi) is 7.17. The molecule has 0 bridgehead atoms.